The van der Waals surface area contributed by atoms with Crippen molar-refractivity contribution in [3.8, 4) is 0 Å². The van der Waals surface area contributed by atoms with Gasteiger partial charge in [0.25, 0.3) is 5.91 Å². The summed E-state index contributed by atoms with van der Waals surface area (Å²) >= 11 is 0. The van der Waals surface area contributed by atoms with E-state index in [1.54, 1.807) is 0 Å². The van der Waals surface area contributed by atoms with Gasteiger partial charge in [-0.1, -0.05) is 0 Å². The molecule has 1 rings (SSSR count). The van der Waals surface area contributed by atoms with Crippen molar-refractivity contribution in [1.29, 1.82) is 0 Å². The number of carbonyl (C=O) groups is 1. The van der Waals surface area contributed by atoms with E-state index < -0.39 is 40.6 Å². The van der Waals surface area contributed by atoms with Crippen LogP contribution in [-0.4, -0.2) is 32.2 Å². The standard InChI is InChI=1S/C11H11F5N2O2/c12-6-5(7(13)9(15)10(16)8(6)14)11(19)18-2-4-20-3-1-17/h1-4,17H2,(H,18,19). The lowest BCUT2D eigenvalue weighted by atomic mass is 10.1. The molecule has 0 aromatic heterocycles. The van der Waals surface area contributed by atoms with Crippen LogP contribution in [0.3, 0.4) is 0 Å². The topological polar surface area (TPSA) is 64.3 Å². The first kappa shape index (κ1) is 16.3. The summed E-state index contributed by atoms with van der Waals surface area (Å²) < 4.78 is 69.9. The van der Waals surface area contributed by atoms with Crippen LogP contribution in [0.4, 0.5) is 22.0 Å². The number of benzene rings is 1. The molecule has 4 nitrogen and oxygen atoms in total. The van der Waals surface area contributed by atoms with Crippen molar-refractivity contribution in [2.75, 3.05) is 26.3 Å². The normalized spacial score (nSPS) is 10.7. The smallest absolute Gasteiger partial charge is 0.257 e. The van der Waals surface area contributed by atoms with E-state index in [1.807, 2.05) is 5.32 Å². The second-order valence-corrected chi connectivity index (χ2v) is 3.60. The quantitative estimate of drug-likeness (QED) is 0.357. The maximum absolute atomic E-state index is 13.3. The zero-order chi connectivity index (χ0) is 15.3. The lowest BCUT2D eigenvalue weighted by Crippen LogP contribution is -2.30. The Hall–Kier alpha value is -1.74. The Balaban J connectivity index is 2.83. The summed E-state index contributed by atoms with van der Waals surface area (Å²) in [7, 11) is 0. The average molecular weight is 298 g/mol. The Morgan fingerprint density at radius 2 is 1.45 bits per heavy atom. The highest BCUT2D eigenvalue weighted by Crippen LogP contribution is 2.22. The fraction of sp³-hybridized carbons (Fsp3) is 0.364. The molecule has 0 heterocycles. The summed E-state index contributed by atoms with van der Waals surface area (Å²) in [6.07, 6.45) is 0. The maximum atomic E-state index is 13.3. The molecule has 1 amide bonds. The molecular weight excluding hydrogens is 287 g/mol. The average Bonchev–Trinajstić information content (AvgIpc) is 2.43. The first-order valence-electron chi connectivity index (χ1n) is 5.49. The van der Waals surface area contributed by atoms with E-state index in [1.165, 1.54) is 0 Å². The Morgan fingerprint density at radius 1 is 0.950 bits per heavy atom. The number of nitrogens with one attached hydrogen (secondary N) is 1. The molecule has 1 aromatic rings. The third-order valence-corrected chi connectivity index (χ3v) is 2.23. The number of halogens is 5. The van der Waals surface area contributed by atoms with Crippen LogP contribution in [0.15, 0.2) is 0 Å². The maximum Gasteiger partial charge on any atom is 0.257 e. The number of ether oxygens (including phenoxy) is 1. The molecule has 0 fully saturated rings. The molecule has 0 unspecified atom stereocenters. The summed E-state index contributed by atoms with van der Waals surface area (Å²) in [5.41, 5.74) is 3.59. The van der Waals surface area contributed by atoms with Gasteiger partial charge in [0, 0.05) is 13.1 Å². The van der Waals surface area contributed by atoms with E-state index in [-0.39, 0.29) is 26.3 Å². The van der Waals surface area contributed by atoms with Crippen LogP contribution in [0.1, 0.15) is 10.4 Å². The molecule has 0 saturated heterocycles. The summed E-state index contributed by atoms with van der Waals surface area (Å²) in [6, 6.07) is 0. The number of hydrogen-bond acceptors (Lipinski definition) is 3. The molecule has 0 bridgehead atoms. The van der Waals surface area contributed by atoms with Crippen LogP contribution in [-0.2, 0) is 4.74 Å². The highest BCUT2D eigenvalue weighted by Gasteiger charge is 2.29. The van der Waals surface area contributed by atoms with Gasteiger partial charge in [-0.15, -0.1) is 0 Å². The zero-order valence-corrected chi connectivity index (χ0v) is 10.1. The molecule has 0 spiro atoms. The molecule has 0 atom stereocenters. The highest BCUT2D eigenvalue weighted by molar-refractivity contribution is 5.94. The van der Waals surface area contributed by atoms with Crippen molar-refractivity contribution >= 4 is 5.91 Å². The monoisotopic (exact) mass is 298 g/mol. The third kappa shape index (κ3) is 3.42. The SMILES string of the molecule is NCCOCCNC(=O)c1c(F)c(F)c(F)c(F)c1F. The van der Waals surface area contributed by atoms with Gasteiger partial charge in [-0.2, -0.15) is 0 Å². The Bertz CT molecular complexity index is 481. The van der Waals surface area contributed by atoms with Crippen LogP contribution >= 0.6 is 0 Å². The van der Waals surface area contributed by atoms with E-state index in [0.29, 0.717) is 0 Å². The number of rotatable bonds is 6. The Kier molecular flexibility index (Phi) is 5.83. The molecule has 0 saturated carbocycles. The van der Waals surface area contributed by atoms with Gasteiger partial charge >= 0.3 is 0 Å². The molecule has 1 aromatic carbocycles. The van der Waals surface area contributed by atoms with Gasteiger partial charge in [0.2, 0.25) is 5.82 Å². The summed E-state index contributed by atoms with van der Waals surface area (Å²) in [5.74, 6) is -12.4. The van der Waals surface area contributed by atoms with Crippen molar-refractivity contribution in [3.05, 3.63) is 34.6 Å². The second-order valence-electron chi connectivity index (χ2n) is 3.60. The van der Waals surface area contributed by atoms with Crippen molar-refractivity contribution in [3.63, 3.8) is 0 Å². The molecule has 0 radical (unpaired) electrons. The molecular formula is C11H11F5N2O2. The van der Waals surface area contributed by atoms with Gasteiger partial charge < -0.3 is 15.8 Å². The number of hydrogen-bond donors (Lipinski definition) is 2. The van der Waals surface area contributed by atoms with Crippen LogP contribution in [0.5, 0.6) is 0 Å². The molecule has 9 heteroatoms. The minimum atomic E-state index is -2.32. The summed E-state index contributed by atoms with van der Waals surface area (Å²) in [6.45, 7) is 0.265. The number of nitrogens with two attached hydrogens (primary N) is 1. The van der Waals surface area contributed by atoms with Gasteiger partial charge in [-0.25, -0.2) is 22.0 Å². The van der Waals surface area contributed by atoms with Crippen molar-refractivity contribution in [2.45, 2.75) is 0 Å². The van der Waals surface area contributed by atoms with E-state index in [0.717, 1.165) is 0 Å². The second kappa shape index (κ2) is 7.15. The van der Waals surface area contributed by atoms with Gasteiger partial charge in [0.05, 0.1) is 13.2 Å². The molecule has 0 aliphatic rings. The predicted molar refractivity (Wildman–Crippen MR) is 58.4 cm³/mol. The zero-order valence-electron chi connectivity index (χ0n) is 10.1. The van der Waals surface area contributed by atoms with Crippen LogP contribution in [0.2, 0.25) is 0 Å². The lowest BCUT2D eigenvalue weighted by Gasteiger charge is -2.09. The number of amides is 1. The molecule has 112 valence electrons. The number of carbonyl (C=O) groups excluding carboxylic acids is 1. The fourth-order valence-electron chi connectivity index (χ4n) is 1.31. The van der Waals surface area contributed by atoms with Gasteiger partial charge in [0.15, 0.2) is 23.3 Å². The fourth-order valence-corrected chi connectivity index (χ4v) is 1.31. The van der Waals surface area contributed by atoms with E-state index >= 15 is 0 Å². The molecule has 3 N–H and O–H groups in total. The minimum absolute atomic E-state index is 0.0155. The van der Waals surface area contributed by atoms with Gasteiger partial charge in [0.1, 0.15) is 5.56 Å². The third-order valence-electron chi connectivity index (χ3n) is 2.23. The lowest BCUT2D eigenvalue weighted by molar-refractivity contribution is 0.0908. The highest BCUT2D eigenvalue weighted by atomic mass is 19.2. The van der Waals surface area contributed by atoms with Crippen LogP contribution < -0.4 is 11.1 Å². The van der Waals surface area contributed by atoms with E-state index in [9.17, 15) is 26.7 Å². The van der Waals surface area contributed by atoms with Crippen molar-refractivity contribution in [2.24, 2.45) is 5.73 Å². The Labute approximate surface area is 110 Å². The first-order chi connectivity index (χ1) is 9.41. The van der Waals surface area contributed by atoms with Crippen LogP contribution in [0, 0.1) is 29.1 Å². The largest absolute Gasteiger partial charge is 0.378 e. The van der Waals surface area contributed by atoms with Crippen molar-refractivity contribution < 1.29 is 31.5 Å². The van der Waals surface area contributed by atoms with E-state index in [2.05, 4.69) is 0 Å². The Morgan fingerprint density at radius 3 is 1.95 bits per heavy atom. The molecule has 20 heavy (non-hydrogen) atoms. The van der Waals surface area contributed by atoms with Crippen LogP contribution in [0.25, 0.3) is 0 Å². The van der Waals surface area contributed by atoms with Crippen molar-refractivity contribution in [1.82, 2.24) is 5.32 Å². The van der Waals surface area contributed by atoms with Gasteiger partial charge in [-0.05, 0) is 0 Å². The van der Waals surface area contributed by atoms with Gasteiger partial charge in [-0.3, -0.25) is 4.79 Å². The van der Waals surface area contributed by atoms with E-state index in [4.69, 9.17) is 10.5 Å². The predicted octanol–water partition coefficient (Wildman–Crippen LogP) is 1.09. The minimum Gasteiger partial charge on any atom is -0.378 e. The first-order valence-corrected chi connectivity index (χ1v) is 5.49. The summed E-state index contributed by atoms with van der Waals surface area (Å²) in [4.78, 5) is 11.4. The summed E-state index contributed by atoms with van der Waals surface area (Å²) in [5, 5.41) is 1.97. The molecule has 0 aliphatic carbocycles. The molecule has 0 aliphatic heterocycles.